The highest BCUT2D eigenvalue weighted by Crippen LogP contribution is 2.38. The molecule has 0 radical (unpaired) electrons. The minimum absolute atomic E-state index is 0.509. The molecule has 20 heavy (non-hydrogen) atoms. The normalized spacial score (nSPS) is 30.6. The number of rotatable bonds is 1. The molecule has 2 saturated heterocycles. The van der Waals surface area contributed by atoms with Crippen LogP contribution in [0.4, 0.5) is 5.69 Å². The SMILES string of the molecule is Cc1cc(C)c(C)c(N2C3CCC(CC3)N(C)C2C)c1. The maximum atomic E-state index is 2.71. The molecule has 0 amide bonds. The lowest BCUT2D eigenvalue weighted by atomic mass is 9.90. The quantitative estimate of drug-likeness (QED) is 0.762. The fourth-order valence-corrected chi connectivity index (χ4v) is 4.23. The van der Waals surface area contributed by atoms with Gasteiger partial charge in [-0.2, -0.15) is 0 Å². The Morgan fingerprint density at radius 1 is 0.950 bits per heavy atom. The molecule has 2 heteroatoms. The number of anilines is 1. The molecule has 1 aromatic rings. The van der Waals surface area contributed by atoms with E-state index in [2.05, 4.69) is 56.7 Å². The molecule has 2 nitrogen and oxygen atoms in total. The van der Waals surface area contributed by atoms with Crippen LogP contribution in [0.3, 0.4) is 0 Å². The van der Waals surface area contributed by atoms with Gasteiger partial charge in [-0.3, -0.25) is 4.90 Å². The van der Waals surface area contributed by atoms with E-state index in [1.54, 1.807) is 0 Å². The molecule has 110 valence electrons. The highest BCUT2D eigenvalue weighted by molar-refractivity contribution is 5.59. The van der Waals surface area contributed by atoms with Crippen LogP contribution >= 0.6 is 0 Å². The van der Waals surface area contributed by atoms with Crippen molar-refractivity contribution in [3.63, 3.8) is 0 Å². The Morgan fingerprint density at radius 3 is 2.20 bits per heavy atom. The Morgan fingerprint density at radius 2 is 1.55 bits per heavy atom. The second kappa shape index (κ2) is 5.07. The number of hydrogen-bond donors (Lipinski definition) is 0. The molecule has 0 spiro atoms. The second-order valence-corrected chi connectivity index (χ2v) is 6.89. The van der Waals surface area contributed by atoms with Crippen molar-refractivity contribution in [1.29, 1.82) is 0 Å². The minimum Gasteiger partial charge on any atom is -0.353 e. The fourth-order valence-electron chi connectivity index (χ4n) is 4.23. The Labute approximate surface area is 123 Å². The summed E-state index contributed by atoms with van der Waals surface area (Å²) < 4.78 is 0. The summed E-state index contributed by atoms with van der Waals surface area (Å²) in [7, 11) is 2.31. The van der Waals surface area contributed by atoms with Gasteiger partial charge < -0.3 is 4.90 Å². The molecule has 1 unspecified atom stereocenters. The monoisotopic (exact) mass is 272 g/mol. The highest BCUT2D eigenvalue weighted by atomic mass is 15.4. The van der Waals surface area contributed by atoms with Gasteiger partial charge in [0.2, 0.25) is 0 Å². The molecule has 3 fully saturated rings. The average Bonchev–Trinajstić information content (AvgIpc) is 2.61. The van der Waals surface area contributed by atoms with E-state index < -0.39 is 0 Å². The third kappa shape index (κ3) is 2.14. The van der Waals surface area contributed by atoms with E-state index in [-0.39, 0.29) is 0 Å². The smallest absolute Gasteiger partial charge is 0.0795 e. The van der Waals surface area contributed by atoms with Crippen LogP contribution in [-0.2, 0) is 0 Å². The predicted octanol–water partition coefficient (Wildman–Crippen LogP) is 4.02. The third-order valence-corrected chi connectivity index (χ3v) is 5.69. The molecule has 1 aromatic carbocycles. The molecule has 3 aliphatic rings. The van der Waals surface area contributed by atoms with Gasteiger partial charge in [-0.15, -0.1) is 0 Å². The van der Waals surface area contributed by atoms with Crippen LogP contribution in [0.5, 0.6) is 0 Å². The first-order valence-electron chi connectivity index (χ1n) is 8.07. The summed E-state index contributed by atoms with van der Waals surface area (Å²) in [6.45, 7) is 9.14. The first-order chi connectivity index (χ1) is 9.49. The highest BCUT2D eigenvalue weighted by Gasteiger charge is 2.38. The number of benzene rings is 1. The molecule has 2 bridgehead atoms. The molecule has 0 N–H and O–H groups in total. The van der Waals surface area contributed by atoms with Crippen molar-refractivity contribution >= 4 is 5.69 Å². The molecule has 1 atom stereocenters. The Hall–Kier alpha value is -1.02. The van der Waals surface area contributed by atoms with E-state index in [4.69, 9.17) is 0 Å². The van der Waals surface area contributed by atoms with Crippen molar-refractivity contribution in [3.05, 3.63) is 28.8 Å². The van der Waals surface area contributed by atoms with Gasteiger partial charge in [0.15, 0.2) is 0 Å². The summed E-state index contributed by atoms with van der Waals surface area (Å²) in [6, 6.07) is 6.22. The van der Waals surface area contributed by atoms with Crippen LogP contribution in [0.15, 0.2) is 12.1 Å². The van der Waals surface area contributed by atoms with Gasteiger partial charge in [0.25, 0.3) is 0 Å². The van der Waals surface area contributed by atoms with E-state index in [1.165, 1.54) is 48.1 Å². The maximum absolute atomic E-state index is 2.71. The van der Waals surface area contributed by atoms with E-state index in [0.717, 1.165) is 12.1 Å². The molecule has 1 aliphatic carbocycles. The van der Waals surface area contributed by atoms with Crippen molar-refractivity contribution in [2.24, 2.45) is 0 Å². The van der Waals surface area contributed by atoms with Crippen molar-refractivity contribution in [2.75, 3.05) is 11.9 Å². The van der Waals surface area contributed by atoms with Crippen molar-refractivity contribution < 1.29 is 0 Å². The van der Waals surface area contributed by atoms with Gasteiger partial charge >= 0.3 is 0 Å². The maximum Gasteiger partial charge on any atom is 0.0795 e. The van der Waals surface area contributed by atoms with Gasteiger partial charge in [0.1, 0.15) is 0 Å². The average molecular weight is 272 g/mol. The first kappa shape index (κ1) is 13.9. The van der Waals surface area contributed by atoms with E-state index in [1.807, 2.05) is 0 Å². The molecular formula is C18H28N2. The molecular weight excluding hydrogens is 244 g/mol. The van der Waals surface area contributed by atoms with E-state index in [0.29, 0.717) is 6.17 Å². The Kier molecular flexibility index (Phi) is 3.53. The summed E-state index contributed by atoms with van der Waals surface area (Å²) in [5, 5.41) is 0. The first-order valence-corrected chi connectivity index (χ1v) is 8.07. The fraction of sp³-hybridized carbons (Fsp3) is 0.667. The van der Waals surface area contributed by atoms with Crippen molar-refractivity contribution in [1.82, 2.24) is 4.90 Å². The van der Waals surface area contributed by atoms with Crippen molar-refractivity contribution in [3.8, 4) is 0 Å². The molecule has 0 aromatic heterocycles. The lowest BCUT2D eigenvalue weighted by Gasteiger charge is -2.39. The van der Waals surface area contributed by atoms with E-state index in [9.17, 15) is 0 Å². The third-order valence-electron chi connectivity index (χ3n) is 5.69. The van der Waals surface area contributed by atoms with Crippen molar-refractivity contribution in [2.45, 2.75) is 71.6 Å². The summed E-state index contributed by atoms with van der Waals surface area (Å²) in [5.41, 5.74) is 5.74. The summed E-state index contributed by atoms with van der Waals surface area (Å²) in [6.07, 6.45) is 5.95. The lowest BCUT2D eigenvalue weighted by Crippen LogP contribution is -2.47. The zero-order valence-corrected chi connectivity index (χ0v) is 13.6. The van der Waals surface area contributed by atoms with Gasteiger partial charge in [-0.05, 0) is 83.2 Å². The van der Waals surface area contributed by atoms with Gasteiger partial charge in [0.05, 0.1) is 6.17 Å². The summed E-state index contributed by atoms with van der Waals surface area (Å²) in [4.78, 5) is 5.31. The van der Waals surface area contributed by atoms with E-state index >= 15 is 0 Å². The van der Waals surface area contributed by atoms with Crippen LogP contribution in [-0.4, -0.2) is 30.2 Å². The summed E-state index contributed by atoms with van der Waals surface area (Å²) >= 11 is 0. The van der Waals surface area contributed by atoms with Gasteiger partial charge in [0, 0.05) is 17.8 Å². The molecule has 4 rings (SSSR count). The topological polar surface area (TPSA) is 6.48 Å². The van der Waals surface area contributed by atoms with Crippen LogP contribution in [0.1, 0.15) is 49.3 Å². The standard InChI is InChI=1S/C18H28N2/c1-12-10-13(2)14(3)18(11-12)20-15(4)19(5)16-6-8-17(20)9-7-16/h10-11,15-17H,6-9H2,1-5H3. The van der Waals surface area contributed by atoms with Gasteiger partial charge in [-0.1, -0.05) is 6.07 Å². The van der Waals surface area contributed by atoms with Crippen LogP contribution in [0.2, 0.25) is 0 Å². The Bertz CT molecular complexity index is 500. The zero-order chi connectivity index (χ0) is 14.4. The van der Waals surface area contributed by atoms with Crippen LogP contribution in [0.25, 0.3) is 0 Å². The molecule has 2 aliphatic heterocycles. The zero-order valence-electron chi connectivity index (χ0n) is 13.6. The minimum atomic E-state index is 0.509. The molecule has 2 heterocycles. The number of nitrogens with zero attached hydrogens (tertiary/aromatic N) is 2. The number of aryl methyl sites for hydroxylation is 2. The van der Waals surface area contributed by atoms with Crippen LogP contribution < -0.4 is 4.90 Å². The van der Waals surface area contributed by atoms with Gasteiger partial charge in [-0.25, -0.2) is 0 Å². The lowest BCUT2D eigenvalue weighted by molar-refractivity contribution is 0.184. The summed E-state index contributed by atoms with van der Waals surface area (Å²) in [5.74, 6) is 0. The largest absolute Gasteiger partial charge is 0.353 e. The second-order valence-electron chi connectivity index (χ2n) is 6.89. The molecule has 1 saturated carbocycles. The predicted molar refractivity (Wildman–Crippen MR) is 86.4 cm³/mol. The Balaban J connectivity index is 2.07. The number of hydrogen-bond acceptors (Lipinski definition) is 2. The van der Waals surface area contributed by atoms with Crippen LogP contribution in [0, 0.1) is 20.8 Å². The number of fused-ring (bicyclic) bond motifs is 4.